The molecule has 104 valence electrons. The van der Waals surface area contributed by atoms with E-state index in [4.69, 9.17) is 5.73 Å². The Kier molecular flexibility index (Phi) is 4.89. The van der Waals surface area contributed by atoms with Gasteiger partial charge < -0.3 is 5.73 Å². The Hall–Kier alpha value is -0.920. The number of sulfonamides is 1. The first kappa shape index (κ1) is 15.1. The topological polar surface area (TPSA) is 90.0 Å². The minimum absolute atomic E-state index is 0.0939. The van der Waals surface area contributed by atoms with Gasteiger partial charge in [-0.3, -0.25) is 4.68 Å². The van der Waals surface area contributed by atoms with Crippen molar-refractivity contribution < 1.29 is 8.42 Å². The first-order valence-electron chi connectivity index (χ1n) is 6.01. The second-order valence-electron chi connectivity index (χ2n) is 4.64. The maximum absolute atomic E-state index is 12.1. The van der Waals surface area contributed by atoms with Crippen molar-refractivity contribution in [2.45, 2.75) is 44.6 Å². The minimum Gasteiger partial charge on any atom is -0.328 e. The first-order valence-corrected chi connectivity index (χ1v) is 7.49. The molecular weight excluding hydrogens is 252 g/mol. The monoisotopic (exact) mass is 274 g/mol. The lowest BCUT2D eigenvalue weighted by Crippen LogP contribution is -2.27. The Morgan fingerprint density at radius 3 is 2.50 bits per heavy atom. The number of nitrogens with two attached hydrogens (primary N) is 1. The van der Waals surface area contributed by atoms with Crippen LogP contribution in [0.2, 0.25) is 0 Å². The van der Waals surface area contributed by atoms with E-state index >= 15 is 0 Å². The second-order valence-corrected chi connectivity index (χ2v) is 6.34. The van der Waals surface area contributed by atoms with E-state index in [0.717, 1.165) is 12.8 Å². The van der Waals surface area contributed by atoms with Crippen LogP contribution >= 0.6 is 0 Å². The van der Waals surface area contributed by atoms with E-state index in [1.165, 1.54) is 0 Å². The summed E-state index contributed by atoms with van der Waals surface area (Å²) in [6.07, 6.45) is 1.53. The average Bonchev–Trinajstić information content (AvgIpc) is 2.48. The highest BCUT2D eigenvalue weighted by Crippen LogP contribution is 2.18. The van der Waals surface area contributed by atoms with Gasteiger partial charge in [-0.15, -0.1) is 0 Å². The van der Waals surface area contributed by atoms with Crippen LogP contribution < -0.4 is 10.5 Å². The van der Waals surface area contributed by atoms with Crippen LogP contribution in [0, 0.1) is 13.8 Å². The summed E-state index contributed by atoms with van der Waals surface area (Å²) in [5.74, 6) is 0. The molecule has 0 spiro atoms. The quantitative estimate of drug-likeness (QED) is 0.737. The van der Waals surface area contributed by atoms with Crippen LogP contribution in [0.15, 0.2) is 4.90 Å². The Balaban J connectivity index is 2.75. The largest absolute Gasteiger partial charge is 0.328 e. The van der Waals surface area contributed by atoms with Gasteiger partial charge in [0, 0.05) is 19.6 Å². The molecule has 0 fully saturated rings. The van der Waals surface area contributed by atoms with Crippen LogP contribution in [0.3, 0.4) is 0 Å². The molecule has 0 aliphatic heterocycles. The molecule has 7 heteroatoms. The van der Waals surface area contributed by atoms with Gasteiger partial charge in [0.2, 0.25) is 10.0 Å². The van der Waals surface area contributed by atoms with Crippen LogP contribution in [-0.4, -0.2) is 30.8 Å². The molecule has 1 unspecified atom stereocenters. The van der Waals surface area contributed by atoms with E-state index in [1.54, 1.807) is 25.6 Å². The van der Waals surface area contributed by atoms with E-state index < -0.39 is 10.0 Å². The van der Waals surface area contributed by atoms with Gasteiger partial charge in [-0.2, -0.15) is 5.10 Å². The number of hydrogen-bond donors (Lipinski definition) is 2. The summed E-state index contributed by atoms with van der Waals surface area (Å²) in [7, 11) is -1.74. The van der Waals surface area contributed by atoms with Crippen molar-refractivity contribution in [3.8, 4) is 0 Å². The molecule has 0 aliphatic carbocycles. The first-order chi connectivity index (χ1) is 8.25. The number of aromatic nitrogens is 2. The predicted octanol–water partition coefficient (Wildman–Crippen LogP) is 0.443. The number of hydrogen-bond acceptors (Lipinski definition) is 4. The molecule has 0 aliphatic rings. The van der Waals surface area contributed by atoms with Gasteiger partial charge in [-0.25, -0.2) is 13.1 Å². The summed E-state index contributed by atoms with van der Waals surface area (Å²) in [5, 5.41) is 4.11. The highest BCUT2D eigenvalue weighted by atomic mass is 32.2. The van der Waals surface area contributed by atoms with Crippen molar-refractivity contribution >= 4 is 10.0 Å². The van der Waals surface area contributed by atoms with Gasteiger partial charge >= 0.3 is 0 Å². The number of nitrogens with one attached hydrogen (secondary N) is 1. The normalized spacial score (nSPS) is 13.8. The van der Waals surface area contributed by atoms with Crippen molar-refractivity contribution in [2.24, 2.45) is 12.8 Å². The third-order valence-electron chi connectivity index (χ3n) is 2.84. The zero-order chi connectivity index (χ0) is 13.9. The molecule has 1 rings (SSSR count). The summed E-state index contributed by atoms with van der Waals surface area (Å²) in [6.45, 7) is 5.75. The fraction of sp³-hybridized carbons (Fsp3) is 0.727. The number of aryl methyl sites for hydroxylation is 2. The summed E-state index contributed by atoms with van der Waals surface area (Å²) < 4.78 is 28.4. The fourth-order valence-electron chi connectivity index (χ4n) is 1.85. The Labute approximate surface area is 109 Å². The van der Waals surface area contributed by atoms with Crippen molar-refractivity contribution in [3.05, 3.63) is 11.4 Å². The maximum Gasteiger partial charge on any atom is 0.244 e. The molecular formula is C11H22N4O2S. The molecule has 0 amide bonds. The highest BCUT2D eigenvalue weighted by molar-refractivity contribution is 7.89. The van der Waals surface area contributed by atoms with Crippen molar-refractivity contribution in [2.75, 3.05) is 6.54 Å². The predicted molar refractivity (Wildman–Crippen MR) is 70.8 cm³/mol. The number of nitrogens with zero attached hydrogens (tertiary/aromatic N) is 2. The fourth-order valence-corrected chi connectivity index (χ4v) is 3.35. The van der Waals surface area contributed by atoms with Crippen molar-refractivity contribution in [1.82, 2.24) is 14.5 Å². The third kappa shape index (κ3) is 3.54. The van der Waals surface area contributed by atoms with Crippen LogP contribution in [-0.2, 0) is 17.1 Å². The molecule has 0 radical (unpaired) electrons. The molecule has 1 aromatic rings. The Morgan fingerprint density at radius 1 is 1.44 bits per heavy atom. The smallest absolute Gasteiger partial charge is 0.244 e. The van der Waals surface area contributed by atoms with Gasteiger partial charge in [0.15, 0.2) is 0 Å². The lowest BCUT2D eigenvalue weighted by atomic mass is 10.2. The zero-order valence-corrected chi connectivity index (χ0v) is 12.2. The third-order valence-corrected chi connectivity index (χ3v) is 4.55. The zero-order valence-electron chi connectivity index (χ0n) is 11.4. The molecule has 1 atom stereocenters. The van der Waals surface area contributed by atoms with Gasteiger partial charge in [0.1, 0.15) is 4.90 Å². The van der Waals surface area contributed by atoms with Gasteiger partial charge in [0.05, 0.1) is 11.4 Å². The lowest BCUT2D eigenvalue weighted by molar-refractivity contribution is 0.566. The van der Waals surface area contributed by atoms with Crippen molar-refractivity contribution in [3.63, 3.8) is 0 Å². The SMILES string of the molecule is Cc1nn(C)c(C)c1S(=O)(=O)NCCCC(C)N. The minimum atomic E-state index is -3.47. The molecule has 0 saturated carbocycles. The maximum atomic E-state index is 12.1. The number of rotatable bonds is 6. The molecule has 18 heavy (non-hydrogen) atoms. The molecule has 1 heterocycles. The Morgan fingerprint density at radius 2 is 2.06 bits per heavy atom. The summed E-state index contributed by atoms with van der Waals surface area (Å²) >= 11 is 0. The van der Waals surface area contributed by atoms with E-state index in [2.05, 4.69) is 9.82 Å². The van der Waals surface area contributed by atoms with Gasteiger partial charge in [-0.05, 0) is 33.6 Å². The van der Waals surface area contributed by atoms with E-state index in [-0.39, 0.29) is 10.9 Å². The molecule has 0 saturated heterocycles. The molecule has 1 aromatic heterocycles. The second kappa shape index (κ2) is 5.81. The molecule has 0 aromatic carbocycles. The lowest BCUT2D eigenvalue weighted by Gasteiger charge is -2.08. The van der Waals surface area contributed by atoms with E-state index in [1.807, 2.05) is 6.92 Å². The van der Waals surface area contributed by atoms with Crippen LogP contribution in [0.5, 0.6) is 0 Å². The van der Waals surface area contributed by atoms with Crippen LogP contribution in [0.4, 0.5) is 0 Å². The average molecular weight is 274 g/mol. The van der Waals surface area contributed by atoms with Gasteiger partial charge in [-0.1, -0.05) is 0 Å². The summed E-state index contributed by atoms with van der Waals surface area (Å²) in [4.78, 5) is 0.283. The Bertz CT molecular complexity index is 505. The van der Waals surface area contributed by atoms with Crippen LogP contribution in [0.25, 0.3) is 0 Å². The molecule has 6 nitrogen and oxygen atoms in total. The van der Waals surface area contributed by atoms with Gasteiger partial charge in [0.25, 0.3) is 0 Å². The molecule has 3 N–H and O–H groups in total. The highest BCUT2D eigenvalue weighted by Gasteiger charge is 2.22. The van der Waals surface area contributed by atoms with Crippen molar-refractivity contribution in [1.29, 1.82) is 0 Å². The molecule has 0 bridgehead atoms. The standard InChI is InChI=1S/C11H22N4O2S/c1-8(12)6-5-7-13-18(16,17)11-9(2)14-15(4)10(11)3/h8,13H,5-7,12H2,1-4H3. The summed E-state index contributed by atoms with van der Waals surface area (Å²) in [6, 6.07) is 0.0939. The summed E-state index contributed by atoms with van der Waals surface area (Å²) in [5.41, 5.74) is 6.78. The van der Waals surface area contributed by atoms with E-state index in [0.29, 0.717) is 17.9 Å². The van der Waals surface area contributed by atoms with Crippen LogP contribution in [0.1, 0.15) is 31.2 Å². The van der Waals surface area contributed by atoms with E-state index in [9.17, 15) is 8.42 Å².